The fraction of sp³-hybridized carbons (Fsp3) is 0.550. The van der Waals surface area contributed by atoms with Crippen molar-refractivity contribution >= 4 is 11.9 Å². The largest absolute Gasteiger partial charge is 0.490 e. The van der Waals surface area contributed by atoms with Crippen LogP contribution in [0.4, 0.5) is 13.2 Å². The number of aromatic nitrogens is 2. The molecule has 0 saturated heterocycles. The van der Waals surface area contributed by atoms with Crippen LogP contribution in [0.25, 0.3) is 0 Å². The van der Waals surface area contributed by atoms with Crippen LogP contribution in [0.3, 0.4) is 0 Å². The summed E-state index contributed by atoms with van der Waals surface area (Å²) in [6, 6.07) is 2.29. The van der Waals surface area contributed by atoms with E-state index >= 15 is 0 Å². The van der Waals surface area contributed by atoms with Gasteiger partial charge in [0.2, 0.25) is 0 Å². The Kier molecular flexibility index (Phi) is 7.88. The topological polar surface area (TPSA) is 91.8 Å². The lowest BCUT2D eigenvalue weighted by Crippen LogP contribution is -2.32. The SMILES string of the molecule is Cc1ccoc1C(=O)N1CCCn2cnc(CN(C)C(C)C)c2C1.O=C(O)C(F)(F)F. The number of carboxylic acids is 1. The summed E-state index contributed by atoms with van der Waals surface area (Å²) >= 11 is 0. The van der Waals surface area contributed by atoms with Crippen LogP contribution in [0.5, 0.6) is 0 Å². The number of aryl methyl sites for hydroxylation is 2. The van der Waals surface area contributed by atoms with E-state index in [1.54, 1.807) is 6.26 Å². The number of hydrogen-bond acceptors (Lipinski definition) is 5. The number of amides is 1. The maximum atomic E-state index is 12.8. The standard InChI is InChI=1S/C18H26N4O2.C2HF3O2/c1-13(2)20(4)10-15-16-11-21(7-5-8-22(16)12-19-15)18(23)17-14(3)6-9-24-17;3-2(4,5)1(6)7/h6,9,12-13H,5,7-8,10-11H2,1-4H3;(H,6,7). The third-order valence-electron chi connectivity index (χ3n) is 5.07. The molecule has 0 radical (unpaired) electrons. The van der Waals surface area contributed by atoms with E-state index in [1.165, 1.54) is 0 Å². The molecular weight excluding hydrogens is 417 g/mol. The lowest BCUT2D eigenvalue weighted by molar-refractivity contribution is -0.192. The van der Waals surface area contributed by atoms with Crippen LogP contribution in [0, 0.1) is 6.92 Å². The van der Waals surface area contributed by atoms with Gasteiger partial charge in [0.1, 0.15) is 0 Å². The van der Waals surface area contributed by atoms with Gasteiger partial charge in [-0.3, -0.25) is 9.69 Å². The van der Waals surface area contributed by atoms with E-state index in [4.69, 9.17) is 14.3 Å². The number of halogens is 3. The third kappa shape index (κ3) is 6.33. The van der Waals surface area contributed by atoms with E-state index in [9.17, 15) is 18.0 Å². The molecule has 2 aromatic heterocycles. The molecule has 0 aliphatic carbocycles. The number of nitrogens with zero attached hydrogens (tertiary/aromatic N) is 4. The highest BCUT2D eigenvalue weighted by Gasteiger charge is 2.38. The van der Waals surface area contributed by atoms with Gasteiger partial charge >= 0.3 is 12.1 Å². The van der Waals surface area contributed by atoms with Gasteiger partial charge in [0.25, 0.3) is 5.91 Å². The first-order valence-electron chi connectivity index (χ1n) is 9.78. The maximum absolute atomic E-state index is 12.8. The van der Waals surface area contributed by atoms with Crippen molar-refractivity contribution in [2.24, 2.45) is 0 Å². The van der Waals surface area contributed by atoms with E-state index in [2.05, 4.69) is 35.3 Å². The average Bonchev–Trinajstić information content (AvgIpc) is 3.19. The molecule has 1 amide bonds. The normalized spacial score (nSPS) is 14.2. The fourth-order valence-electron chi connectivity index (χ4n) is 2.98. The molecule has 3 heterocycles. The molecule has 0 bridgehead atoms. The van der Waals surface area contributed by atoms with Crippen molar-refractivity contribution in [1.29, 1.82) is 0 Å². The van der Waals surface area contributed by atoms with Gasteiger partial charge in [-0.25, -0.2) is 9.78 Å². The van der Waals surface area contributed by atoms with Crippen LogP contribution in [0.1, 0.15) is 47.8 Å². The molecule has 0 fully saturated rings. The maximum Gasteiger partial charge on any atom is 0.490 e. The predicted molar refractivity (Wildman–Crippen MR) is 105 cm³/mol. The molecular formula is C20H27F3N4O4. The third-order valence-corrected chi connectivity index (χ3v) is 5.07. The Labute approximate surface area is 178 Å². The van der Waals surface area contributed by atoms with E-state index in [0.717, 1.165) is 43.0 Å². The molecule has 0 atom stereocenters. The zero-order valence-corrected chi connectivity index (χ0v) is 17.9. The minimum Gasteiger partial charge on any atom is -0.475 e. The Hall–Kier alpha value is -2.82. The monoisotopic (exact) mass is 444 g/mol. The molecule has 1 aliphatic rings. The van der Waals surface area contributed by atoms with E-state index in [1.807, 2.05) is 24.2 Å². The summed E-state index contributed by atoms with van der Waals surface area (Å²) in [4.78, 5) is 30.4. The molecule has 1 N–H and O–H groups in total. The zero-order valence-electron chi connectivity index (χ0n) is 17.9. The van der Waals surface area contributed by atoms with Gasteiger partial charge in [0.15, 0.2) is 5.76 Å². The number of rotatable bonds is 4. The van der Waals surface area contributed by atoms with Crippen LogP contribution in [-0.2, 0) is 24.4 Å². The molecule has 0 spiro atoms. The highest BCUT2D eigenvalue weighted by molar-refractivity contribution is 5.92. The Bertz CT molecular complexity index is 905. The fourth-order valence-corrected chi connectivity index (χ4v) is 2.98. The van der Waals surface area contributed by atoms with E-state index < -0.39 is 12.1 Å². The van der Waals surface area contributed by atoms with Gasteiger partial charge in [0.05, 0.1) is 30.5 Å². The summed E-state index contributed by atoms with van der Waals surface area (Å²) < 4.78 is 39.3. The number of carbonyl (C=O) groups is 2. The number of hydrogen-bond donors (Lipinski definition) is 1. The lowest BCUT2D eigenvalue weighted by atomic mass is 10.2. The molecule has 0 aromatic carbocycles. The number of aliphatic carboxylic acids is 1. The minimum absolute atomic E-state index is 0.0321. The van der Waals surface area contributed by atoms with Gasteiger partial charge in [-0.05, 0) is 40.3 Å². The highest BCUT2D eigenvalue weighted by Crippen LogP contribution is 2.21. The molecule has 2 aromatic rings. The van der Waals surface area contributed by atoms with Crippen molar-refractivity contribution in [3.05, 3.63) is 41.4 Å². The summed E-state index contributed by atoms with van der Waals surface area (Å²) in [6.07, 6.45) is -0.674. The van der Waals surface area contributed by atoms with Gasteiger partial charge in [-0.2, -0.15) is 13.2 Å². The summed E-state index contributed by atoms with van der Waals surface area (Å²) in [5.41, 5.74) is 3.08. The number of carbonyl (C=O) groups excluding carboxylic acids is 1. The van der Waals surface area contributed by atoms with Gasteiger partial charge in [-0.1, -0.05) is 0 Å². The van der Waals surface area contributed by atoms with Crippen molar-refractivity contribution < 1.29 is 32.3 Å². The second-order valence-electron chi connectivity index (χ2n) is 7.66. The summed E-state index contributed by atoms with van der Waals surface area (Å²) in [6.45, 7) is 9.26. The highest BCUT2D eigenvalue weighted by atomic mass is 19.4. The van der Waals surface area contributed by atoms with Crippen molar-refractivity contribution in [2.75, 3.05) is 13.6 Å². The molecule has 3 rings (SSSR count). The second-order valence-corrected chi connectivity index (χ2v) is 7.66. The molecule has 1 aliphatic heterocycles. The number of carboxylic acid groups (broad SMARTS) is 1. The van der Waals surface area contributed by atoms with Gasteiger partial charge in [-0.15, -0.1) is 0 Å². The second kappa shape index (κ2) is 9.99. The smallest absolute Gasteiger partial charge is 0.475 e. The van der Waals surface area contributed by atoms with E-state index in [-0.39, 0.29) is 5.91 Å². The molecule has 31 heavy (non-hydrogen) atoms. The number of fused-ring (bicyclic) bond motifs is 1. The van der Waals surface area contributed by atoms with Crippen LogP contribution in [-0.4, -0.2) is 62.1 Å². The van der Waals surface area contributed by atoms with Crippen LogP contribution >= 0.6 is 0 Å². The van der Waals surface area contributed by atoms with Crippen LogP contribution in [0.2, 0.25) is 0 Å². The summed E-state index contributed by atoms with van der Waals surface area (Å²) in [7, 11) is 2.10. The van der Waals surface area contributed by atoms with Crippen molar-refractivity contribution in [3.63, 3.8) is 0 Å². The number of furan rings is 1. The molecule has 8 nitrogen and oxygen atoms in total. The first-order chi connectivity index (χ1) is 14.4. The quantitative estimate of drug-likeness (QED) is 0.778. The predicted octanol–water partition coefficient (Wildman–Crippen LogP) is 3.30. The van der Waals surface area contributed by atoms with Gasteiger partial charge < -0.3 is 19.0 Å². The Balaban J connectivity index is 0.000000423. The molecule has 0 unspecified atom stereocenters. The molecule has 172 valence electrons. The van der Waals surface area contributed by atoms with Crippen LogP contribution in [0.15, 0.2) is 23.1 Å². The molecule has 0 saturated carbocycles. The molecule has 11 heteroatoms. The van der Waals surface area contributed by atoms with Crippen molar-refractivity contribution in [3.8, 4) is 0 Å². The summed E-state index contributed by atoms with van der Waals surface area (Å²) in [5.74, 6) is -2.34. The van der Waals surface area contributed by atoms with Gasteiger partial charge in [0, 0.05) is 31.2 Å². The first kappa shape index (κ1) is 24.4. The summed E-state index contributed by atoms with van der Waals surface area (Å²) in [5, 5.41) is 7.12. The average molecular weight is 444 g/mol. The Morgan fingerprint density at radius 3 is 2.48 bits per heavy atom. The lowest BCUT2D eigenvalue weighted by Gasteiger charge is -2.22. The zero-order chi connectivity index (χ0) is 23.3. The number of imidazole rings is 1. The van der Waals surface area contributed by atoms with Crippen LogP contribution < -0.4 is 0 Å². The number of alkyl halides is 3. The van der Waals surface area contributed by atoms with Crippen molar-refractivity contribution in [1.82, 2.24) is 19.4 Å². The Morgan fingerprint density at radius 2 is 1.97 bits per heavy atom. The minimum atomic E-state index is -5.08. The van der Waals surface area contributed by atoms with Crippen molar-refractivity contribution in [2.45, 2.75) is 59.0 Å². The first-order valence-corrected chi connectivity index (χ1v) is 9.78. The Morgan fingerprint density at radius 1 is 1.32 bits per heavy atom. The van der Waals surface area contributed by atoms with E-state index in [0.29, 0.717) is 18.3 Å².